The van der Waals surface area contributed by atoms with Gasteiger partial charge in [0.15, 0.2) is 5.65 Å². The topological polar surface area (TPSA) is 97.1 Å². The summed E-state index contributed by atoms with van der Waals surface area (Å²) < 4.78 is 1.38. The van der Waals surface area contributed by atoms with Crippen molar-refractivity contribution >= 4 is 23.1 Å². The Balaban J connectivity index is 1.43. The molecular formula is C16H17N7O. The normalized spacial score (nSPS) is 15.2. The van der Waals surface area contributed by atoms with Crippen LogP contribution in [0.5, 0.6) is 0 Å². The maximum atomic E-state index is 11.8. The van der Waals surface area contributed by atoms with Crippen LogP contribution >= 0.6 is 0 Å². The zero-order valence-electron chi connectivity index (χ0n) is 13.2. The van der Waals surface area contributed by atoms with Gasteiger partial charge in [0.05, 0.1) is 6.04 Å². The van der Waals surface area contributed by atoms with Gasteiger partial charge in [-0.15, -0.1) is 14.8 Å². The van der Waals surface area contributed by atoms with Crippen LogP contribution in [0.15, 0.2) is 36.4 Å². The number of benzene rings is 1. The Labute approximate surface area is 138 Å². The van der Waals surface area contributed by atoms with Gasteiger partial charge in [0, 0.05) is 11.6 Å². The van der Waals surface area contributed by atoms with Crippen LogP contribution in [-0.2, 0) is 4.79 Å². The molecule has 4 rings (SSSR count). The van der Waals surface area contributed by atoms with Gasteiger partial charge >= 0.3 is 0 Å². The molecule has 0 aliphatic heterocycles. The van der Waals surface area contributed by atoms with Gasteiger partial charge in [0.2, 0.25) is 5.91 Å². The van der Waals surface area contributed by atoms with Crippen molar-refractivity contribution in [3.8, 4) is 0 Å². The van der Waals surface area contributed by atoms with E-state index in [1.807, 2.05) is 37.3 Å². The van der Waals surface area contributed by atoms with E-state index in [2.05, 4.69) is 31.3 Å². The molecule has 8 nitrogen and oxygen atoms in total. The quantitative estimate of drug-likeness (QED) is 0.746. The third kappa shape index (κ3) is 3.03. The van der Waals surface area contributed by atoms with Gasteiger partial charge in [-0.25, -0.2) is 0 Å². The molecule has 1 atom stereocenters. The van der Waals surface area contributed by atoms with Crippen LogP contribution in [0.4, 0.5) is 11.5 Å². The average molecular weight is 323 g/mol. The first-order chi connectivity index (χ1) is 11.7. The number of fused-ring (bicyclic) bond motifs is 1. The summed E-state index contributed by atoms with van der Waals surface area (Å²) in [5, 5.41) is 21.7. The molecule has 1 saturated carbocycles. The minimum atomic E-state index is 0.0552. The Morgan fingerprint density at radius 1 is 1.21 bits per heavy atom. The van der Waals surface area contributed by atoms with Crippen LogP contribution in [0.25, 0.3) is 5.65 Å². The zero-order chi connectivity index (χ0) is 16.5. The molecule has 122 valence electrons. The number of nitrogens with one attached hydrogen (secondary N) is 2. The van der Waals surface area contributed by atoms with Crippen molar-refractivity contribution in [3.63, 3.8) is 0 Å². The van der Waals surface area contributed by atoms with E-state index in [0.717, 1.165) is 24.1 Å². The van der Waals surface area contributed by atoms with Crippen LogP contribution in [0.1, 0.15) is 31.4 Å². The van der Waals surface area contributed by atoms with E-state index in [4.69, 9.17) is 0 Å². The van der Waals surface area contributed by atoms with Gasteiger partial charge < -0.3 is 10.6 Å². The van der Waals surface area contributed by atoms with Crippen LogP contribution in [-0.4, -0.2) is 31.2 Å². The molecular weight excluding hydrogens is 306 g/mol. The number of nitrogens with zero attached hydrogens (tertiary/aromatic N) is 5. The summed E-state index contributed by atoms with van der Waals surface area (Å²) in [7, 11) is 0. The number of rotatable bonds is 5. The van der Waals surface area contributed by atoms with E-state index in [1.165, 1.54) is 4.63 Å². The number of amides is 1. The van der Waals surface area contributed by atoms with Crippen molar-refractivity contribution in [1.29, 1.82) is 0 Å². The Hall–Kier alpha value is -3.03. The maximum absolute atomic E-state index is 11.8. The molecule has 1 aliphatic carbocycles. The molecule has 0 saturated heterocycles. The Kier molecular flexibility index (Phi) is 3.56. The summed E-state index contributed by atoms with van der Waals surface area (Å²) in [6.07, 6.45) is 2.01. The molecule has 2 aromatic heterocycles. The summed E-state index contributed by atoms with van der Waals surface area (Å²) in [6.45, 7) is 2.04. The highest BCUT2D eigenvalue weighted by molar-refractivity contribution is 5.94. The van der Waals surface area contributed by atoms with Gasteiger partial charge in [0.1, 0.15) is 5.82 Å². The minimum Gasteiger partial charge on any atom is -0.362 e. The molecule has 1 amide bonds. The molecule has 2 N–H and O–H groups in total. The SMILES string of the molecule is CC(Nc1ccc2nnnn2n1)c1ccc(NC(=O)C2CC2)cc1. The molecule has 8 heteroatoms. The first-order valence-corrected chi connectivity index (χ1v) is 7.92. The summed E-state index contributed by atoms with van der Waals surface area (Å²) in [6, 6.07) is 11.5. The number of hydrogen-bond donors (Lipinski definition) is 2. The van der Waals surface area contributed by atoms with E-state index in [9.17, 15) is 4.79 Å². The number of hydrogen-bond acceptors (Lipinski definition) is 6. The largest absolute Gasteiger partial charge is 0.362 e. The fraction of sp³-hybridized carbons (Fsp3) is 0.312. The summed E-state index contributed by atoms with van der Waals surface area (Å²) >= 11 is 0. The van der Waals surface area contributed by atoms with Gasteiger partial charge in [-0.2, -0.15) is 0 Å². The fourth-order valence-corrected chi connectivity index (χ4v) is 2.48. The predicted molar refractivity (Wildman–Crippen MR) is 88.4 cm³/mol. The molecule has 24 heavy (non-hydrogen) atoms. The van der Waals surface area contributed by atoms with Crippen LogP contribution in [0, 0.1) is 5.92 Å². The zero-order valence-corrected chi connectivity index (χ0v) is 13.2. The van der Waals surface area contributed by atoms with Crippen molar-refractivity contribution in [2.75, 3.05) is 10.6 Å². The average Bonchev–Trinajstić information content (AvgIpc) is 3.34. The van der Waals surface area contributed by atoms with Crippen LogP contribution in [0.3, 0.4) is 0 Å². The summed E-state index contributed by atoms with van der Waals surface area (Å²) in [4.78, 5) is 11.8. The van der Waals surface area contributed by atoms with E-state index in [1.54, 1.807) is 6.07 Å². The Morgan fingerprint density at radius 3 is 2.75 bits per heavy atom. The Morgan fingerprint density at radius 2 is 2.00 bits per heavy atom. The molecule has 1 aromatic carbocycles. The highest BCUT2D eigenvalue weighted by Gasteiger charge is 2.29. The number of carbonyl (C=O) groups is 1. The second-order valence-corrected chi connectivity index (χ2v) is 6.00. The van der Waals surface area contributed by atoms with Gasteiger partial charge in [-0.1, -0.05) is 12.1 Å². The number of tetrazole rings is 1. The van der Waals surface area contributed by atoms with Crippen LogP contribution < -0.4 is 10.6 Å². The van der Waals surface area contributed by atoms with E-state index in [-0.39, 0.29) is 17.9 Å². The minimum absolute atomic E-state index is 0.0552. The Bertz CT molecular complexity index is 870. The lowest BCUT2D eigenvalue weighted by molar-refractivity contribution is -0.117. The highest BCUT2D eigenvalue weighted by atomic mass is 16.2. The fourth-order valence-electron chi connectivity index (χ4n) is 2.48. The monoisotopic (exact) mass is 323 g/mol. The van der Waals surface area contributed by atoms with Crippen molar-refractivity contribution in [3.05, 3.63) is 42.0 Å². The lowest BCUT2D eigenvalue weighted by atomic mass is 10.1. The first-order valence-electron chi connectivity index (χ1n) is 7.92. The highest BCUT2D eigenvalue weighted by Crippen LogP contribution is 2.30. The number of aromatic nitrogens is 5. The number of anilines is 2. The third-order valence-electron chi connectivity index (χ3n) is 4.06. The van der Waals surface area contributed by atoms with Gasteiger partial charge in [0.25, 0.3) is 0 Å². The molecule has 3 aromatic rings. The second-order valence-electron chi connectivity index (χ2n) is 6.00. The van der Waals surface area contributed by atoms with Crippen molar-refractivity contribution < 1.29 is 4.79 Å². The van der Waals surface area contributed by atoms with E-state index >= 15 is 0 Å². The maximum Gasteiger partial charge on any atom is 0.227 e. The third-order valence-corrected chi connectivity index (χ3v) is 4.06. The smallest absolute Gasteiger partial charge is 0.227 e. The molecule has 1 fully saturated rings. The van der Waals surface area contributed by atoms with Gasteiger partial charge in [-0.05, 0) is 60.0 Å². The molecule has 0 bridgehead atoms. The summed E-state index contributed by atoms with van der Waals surface area (Å²) in [5.41, 5.74) is 2.53. The predicted octanol–water partition coefficient (Wildman–Crippen LogP) is 2.04. The van der Waals surface area contributed by atoms with Crippen molar-refractivity contribution in [2.45, 2.75) is 25.8 Å². The van der Waals surface area contributed by atoms with Crippen molar-refractivity contribution in [2.24, 2.45) is 5.92 Å². The molecule has 2 heterocycles. The molecule has 1 aliphatic rings. The molecule has 0 radical (unpaired) electrons. The van der Waals surface area contributed by atoms with Crippen LogP contribution in [0.2, 0.25) is 0 Å². The number of carbonyl (C=O) groups excluding carboxylic acids is 1. The van der Waals surface area contributed by atoms with E-state index in [0.29, 0.717) is 11.5 Å². The summed E-state index contributed by atoms with van der Waals surface area (Å²) in [5.74, 6) is 1.01. The molecule has 1 unspecified atom stereocenters. The second kappa shape index (κ2) is 5.88. The first kappa shape index (κ1) is 14.6. The lowest BCUT2D eigenvalue weighted by Crippen LogP contribution is -2.13. The van der Waals surface area contributed by atoms with E-state index < -0.39 is 0 Å². The lowest BCUT2D eigenvalue weighted by Gasteiger charge is -2.15. The van der Waals surface area contributed by atoms with Gasteiger partial charge in [-0.3, -0.25) is 4.79 Å². The standard InChI is InChI=1S/C16H17N7O/c1-10(17-14-8-9-15-19-21-22-23(15)20-14)11-4-6-13(7-5-11)18-16(24)12-2-3-12/h4-10,12H,2-3H2,1H3,(H,17,20)(H,18,24). The molecule has 0 spiro atoms. The van der Waals surface area contributed by atoms with Crippen molar-refractivity contribution in [1.82, 2.24) is 25.3 Å².